The number of hydrogen-bond donors (Lipinski definition) is 2. The van der Waals surface area contributed by atoms with Crippen molar-refractivity contribution in [3.63, 3.8) is 0 Å². The molecule has 2 atom stereocenters. The van der Waals surface area contributed by atoms with Crippen molar-refractivity contribution in [1.29, 1.82) is 0 Å². The summed E-state index contributed by atoms with van der Waals surface area (Å²) in [5, 5.41) is 3.86. The van der Waals surface area contributed by atoms with Crippen LogP contribution in [0.5, 0.6) is 6.01 Å². The van der Waals surface area contributed by atoms with E-state index in [9.17, 15) is 13.2 Å². The van der Waals surface area contributed by atoms with E-state index in [1.165, 1.54) is 13.1 Å². The Morgan fingerprint density at radius 3 is 2.61 bits per heavy atom. The summed E-state index contributed by atoms with van der Waals surface area (Å²) in [7, 11) is 0. The molecule has 12 heteroatoms. The number of ether oxygens (including phenoxy) is 1. The minimum absolute atomic E-state index is 0.0104. The fourth-order valence-corrected chi connectivity index (χ4v) is 7.29. The summed E-state index contributed by atoms with van der Waals surface area (Å²) in [6, 6.07) is 1.60. The van der Waals surface area contributed by atoms with Gasteiger partial charge < -0.3 is 15.8 Å². The van der Waals surface area contributed by atoms with Gasteiger partial charge in [0.15, 0.2) is 5.82 Å². The molecule has 2 bridgehead atoms. The van der Waals surface area contributed by atoms with Crippen LogP contribution in [0.1, 0.15) is 61.8 Å². The van der Waals surface area contributed by atoms with E-state index >= 15 is 4.39 Å². The van der Waals surface area contributed by atoms with E-state index in [1.807, 2.05) is 0 Å². The quantitative estimate of drug-likeness (QED) is 0.412. The number of hydrogen-bond acceptors (Lipinski definition) is 8. The second-order valence-corrected chi connectivity index (χ2v) is 11.8. The second-order valence-electron chi connectivity index (χ2n) is 11.8. The predicted molar refractivity (Wildman–Crippen MR) is 145 cm³/mol. The third-order valence-electron chi connectivity index (χ3n) is 9.14. The Morgan fingerprint density at radius 2 is 1.88 bits per heavy atom. The van der Waals surface area contributed by atoms with E-state index in [0.29, 0.717) is 24.1 Å². The molecule has 2 unspecified atom stereocenters. The van der Waals surface area contributed by atoms with Crippen LogP contribution < -0.4 is 15.8 Å². The van der Waals surface area contributed by atoms with Crippen molar-refractivity contribution in [2.45, 2.75) is 75.7 Å². The summed E-state index contributed by atoms with van der Waals surface area (Å²) in [5.41, 5.74) is 4.52. The molecule has 0 saturated carbocycles. The first-order valence-electron chi connectivity index (χ1n) is 14.2. The molecule has 3 N–H and O–H groups in total. The van der Waals surface area contributed by atoms with E-state index in [2.05, 4.69) is 31.2 Å². The molecule has 3 fully saturated rings. The molecule has 7 heterocycles. The summed E-state index contributed by atoms with van der Waals surface area (Å²) in [6.07, 6.45) is 5.56. The van der Waals surface area contributed by atoms with Crippen molar-refractivity contribution in [1.82, 2.24) is 30.2 Å². The number of nitrogens with one attached hydrogen (secondary N) is 1. The van der Waals surface area contributed by atoms with Gasteiger partial charge in [-0.1, -0.05) is 6.08 Å². The third-order valence-corrected chi connectivity index (χ3v) is 9.14. The Bertz CT molecular complexity index is 1560. The Labute approximate surface area is 234 Å². The maximum Gasteiger partial charge on any atom is 0.418 e. The third kappa shape index (κ3) is 4.51. The number of aryl methyl sites for hydroxylation is 1. The van der Waals surface area contributed by atoms with Crippen molar-refractivity contribution < 1.29 is 22.3 Å². The van der Waals surface area contributed by atoms with Crippen LogP contribution in [0.3, 0.4) is 0 Å². The maximum absolute atomic E-state index is 16.3. The van der Waals surface area contributed by atoms with Crippen LogP contribution in [-0.4, -0.2) is 62.2 Å². The molecule has 7 rings (SSSR count). The lowest BCUT2D eigenvalue weighted by molar-refractivity contribution is -0.137. The number of nitrogens with zero attached hydrogens (tertiary/aromatic N) is 5. The zero-order valence-corrected chi connectivity index (χ0v) is 22.7. The molecule has 0 aromatic carbocycles. The van der Waals surface area contributed by atoms with Crippen LogP contribution in [0.15, 0.2) is 18.3 Å². The number of anilines is 1. The van der Waals surface area contributed by atoms with Gasteiger partial charge in [-0.25, -0.2) is 9.37 Å². The van der Waals surface area contributed by atoms with Gasteiger partial charge in [-0.3, -0.25) is 9.88 Å². The van der Waals surface area contributed by atoms with Crippen molar-refractivity contribution in [2.24, 2.45) is 0 Å². The topological polar surface area (TPSA) is 102 Å². The standard InChI is InChI=1S/C29H31F4N7O/c1-15-10-20(34)37-25(21(15)29(31,32)33)26-22(30)24-19(13-35-26)23(16-11-17-4-5-18(12-16)36-17)38-27(39-24)41-14-28-6-2-8-40(28)9-3-7-28/h10-11,13,17-18,36H,2-9,12,14H2,1H3,(H2,34,37). The van der Waals surface area contributed by atoms with Gasteiger partial charge >= 0.3 is 12.2 Å². The molecular weight excluding hydrogens is 538 g/mol. The first-order valence-corrected chi connectivity index (χ1v) is 14.2. The maximum atomic E-state index is 16.3. The highest BCUT2D eigenvalue weighted by Gasteiger charge is 2.45. The van der Waals surface area contributed by atoms with Crippen molar-refractivity contribution >= 4 is 22.3 Å². The second kappa shape index (κ2) is 9.59. The zero-order chi connectivity index (χ0) is 28.5. The van der Waals surface area contributed by atoms with E-state index in [-0.39, 0.29) is 40.5 Å². The van der Waals surface area contributed by atoms with Crippen molar-refractivity contribution in [3.05, 3.63) is 41.0 Å². The smallest absolute Gasteiger partial charge is 0.418 e. The zero-order valence-electron chi connectivity index (χ0n) is 22.7. The number of pyridine rings is 2. The van der Waals surface area contributed by atoms with Gasteiger partial charge in [-0.2, -0.15) is 23.1 Å². The van der Waals surface area contributed by atoms with Crippen molar-refractivity contribution in [3.8, 4) is 17.4 Å². The Morgan fingerprint density at radius 1 is 1.10 bits per heavy atom. The molecule has 0 radical (unpaired) electrons. The molecule has 4 aliphatic rings. The first kappa shape index (κ1) is 26.5. The Balaban J connectivity index is 1.37. The SMILES string of the molecule is Cc1cc(N)nc(-c2ncc3c(C4=CC5CCC(C4)N5)nc(OCC45CCCN4CCC5)nc3c2F)c1C(F)(F)F. The van der Waals surface area contributed by atoms with Crippen LogP contribution >= 0.6 is 0 Å². The Hall–Kier alpha value is -3.38. The molecule has 0 aliphatic carbocycles. The average molecular weight is 570 g/mol. The van der Waals surface area contributed by atoms with Gasteiger partial charge in [0.1, 0.15) is 29.3 Å². The highest BCUT2D eigenvalue weighted by Crippen LogP contribution is 2.42. The molecule has 3 aromatic heterocycles. The molecular formula is C29H31F4N7O. The van der Waals surface area contributed by atoms with Crippen LogP contribution in [-0.2, 0) is 6.18 Å². The van der Waals surface area contributed by atoms with E-state index in [4.69, 9.17) is 15.5 Å². The number of fused-ring (bicyclic) bond motifs is 4. The van der Waals surface area contributed by atoms with Gasteiger partial charge in [0, 0.05) is 23.7 Å². The molecule has 41 heavy (non-hydrogen) atoms. The summed E-state index contributed by atoms with van der Waals surface area (Å²) >= 11 is 0. The number of nitrogens with two attached hydrogens (primary N) is 1. The fraction of sp³-hybridized carbons (Fsp3) is 0.517. The van der Waals surface area contributed by atoms with Crippen molar-refractivity contribution in [2.75, 3.05) is 25.4 Å². The normalized spacial score (nSPS) is 23.7. The summed E-state index contributed by atoms with van der Waals surface area (Å²) < 4.78 is 64.8. The lowest BCUT2D eigenvalue weighted by Gasteiger charge is -2.31. The van der Waals surface area contributed by atoms with Crippen LogP contribution in [0, 0.1) is 12.7 Å². The number of rotatable bonds is 5. The molecule has 216 valence electrons. The minimum atomic E-state index is -4.79. The highest BCUT2D eigenvalue weighted by atomic mass is 19.4. The molecule has 8 nitrogen and oxygen atoms in total. The van der Waals surface area contributed by atoms with Crippen LogP contribution in [0.25, 0.3) is 27.9 Å². The number of aromatic nitrogens is 4. The van der Waals surface area contributed by atoms with E-state index < -0.39 is 28.9 Å². The summed E-state index contributed by atoms with van der Waals surface area (Å²) in [5.74, 6) is -1.18. The largest absolute Gasteiger partial charge is 0.461 e. The molecule has 0 amide bonds. The van der Waals surface area contributed by atoms with E-state index in [1.54, 1.807) is 0 Å². The fourth-order valence-electron chi connectivity index (χ4n) is 7.29. The predicted octanol–water partition coefficient (Wildman–Crippen LogP) is 5.05. The molecule has 3 aromatic rings. The summed E-state index contributed by atoms with van der Waals surface area (Å²) in [4.78, 5) is 19.7. The van der Waals surface area contributed by atoms with Gasteiger partial charge in [0.25, 0.3) is 0 Å². The number of nitrogen functional groups attached to an aromatic ring is 1. The van der Waals surface area contributed by atoms with Gasteiger partial charge in [-0.15, -0.1) is 0 Å². The molecule has 0 spiro atoms. The van der Waals surface area contributed by atoms with Gasteiger partial charge in [0.05, 0.1) is 16.8 Å². The Kier molecular flexibility index (Phi) is 6.20. The monoisotopic (exact) mass is 569 g/mol. The minimum Gasteiger partial charge on any atom is -0.461 e. The number of alkyl halides is 3. The van der Waals surface area contributed by atoms with E-state index in [0.717, 1.165) is 63.3 Å². The summed E-state index contributed by atoms with van der Waals surface area (Å²) in [6.45, 7) is 3.68. The lowest BCUT2D eigenvalue weighted by atomic mass is 9.95. The highest BCUT2D eigenvalue weighted by molar-refractivity contribution is 5.92. The molecule has 4 aliphatic heterocycles. The lowest BCUT2D eigenvalue weighted by Crippen LogP contribution is -2.43. The van der Waals surface area contributed by atoms with Gasteiger partial charge in [0.2, 0.25) is 0 Å². The van der Waals surface area contributed by atoms with Gasteiger partial charge in [-0.05, 0) is 82.2 Å². The van der Waals surface area contributed by atoms with Crippen LogP contribution in [0.2, 0.25) is 0 Å². The molecule has 3 saturated heterocycles. The van der Waals surface area contributed by atoms with Crippen LogP contribution in [0.4, 0.5) is 23.4 Å². The number of halogens is 4. The average Bonchev–Trinajstić information content (AvgIpc) is 3.59. The first-order chi connectivity index (χ1) is 19.6.